The van der Waals surface area contributed by atoms with Gasteiger partial charge in [0.2, 0.25) is 0 Å². The Morgan fingerprint density at radius 1 is 1.31 bits per heavy atom. The Morgan fingerprint density at radius 2 is 2.08 bits per heavy atom. The lowest BCUT2D eigenvalue weighted by Gasteiger charge is -2.20. The monoisotopic (exact) mass is 356 g/mol. The second-order valence-electron chi connectivity index (χ2n) is 6.80. The average molecular weight is 356 g/mol. The first-order chi connectivity index (χ1) is 12.5. The minimum Gasteiger partial charge on any atom is -0.478 e. The summed E-state index contributed by atoms with van der Waals surface area (Å²) in [6, 6.07) is 1.69. The molecule has 8 heteroatoms. The molecule has 0 bridgehead atoms. The summed E-state index contributed by atoms with van der Waals surface area (Å²) in [7, 11) is 0. The van der Waals surface area contributed by atoms with Gasteiger partial charge in [0.05, 0.1) is 48.1 Å². The Bertz CT molecular complexity index is 853. The standard InChI is InChI=1S/C18H20N4O4/c1-2-26-18(25)13-5-20-22(9-13)10-16-15(17(23)24)4-14(6-19-16)21-7-11-3-12(11)8-21/h4-6,9,11-12H,2-3,7-8,10H2,1H3,(H,23,24). The normalized spacial score (nSPS) is 20.7. The summed E-state index contributed by atoms with van der Waals surface area (Å²) in [6.45, 7) is 4.15. The molecule has 2 aliphatic rings. The van der Waals surface area contributed by atoms with Crippen LogP contribution in [0.25, 0.3) is 0 Å². The Labute approximate surface area is 150 Å². The van der Waals surface area contributed by atoms with Gasteiger partial charge in [0.15, 0.2) is 0 Å². The molecule has 8 nitrogen and oxygen atoms in total. The molecule has 2 unspecified atom stereocenters. The third kappa shape index (κ3) is 3.14. The van der Waals surface area contributed by atoms with Gasteiger partial charge in [-0.25, -0.2) is 9.59 Å². The molecule has 1 saturated heterocycles. The zero-order valence-electron chi connectivity index (χ0n) is 14.5. The number of nitrogens with zero attached hydrogens (tertiary/aromatic N) is 4. The molecular formula is C18H20N4O4. The third-order valence-corrected chi connectivity index (χ3v) is 4.99. The van der Waals surface area contributed by atoms with Gasteiger partial charge in [-0.2, -0.15) is 5.10 Å². The van der Waals surface area contributed by atoms with Gasteiger partial charge in [-0.05, 0) is 31.2 Å². The number of anilines is 1. The number of esters is 1. The highest BCUT2D eigenvalue weighted by Gasteiger charge is 2.45. The Morgan fingerprint density at radius 3 is 2.77 bits per heavy atom. The van der Waals surface area contributed by atoms with Crippen molar-refractivity contribution in [2.24, 2.45) is 11.8 Å². The zero-order chi connectivity index (χ0) is 18.3. The van der Waals surface area contributed by atoms with Crippen LogP contribution in [-0.4, -0.2) is 51.5 Å². The smallest absolute Gasteiger partial charge is 0.341 e. The van der Waals surface area contributed by atoms with E-state index in [-0.39, 0.29) is 18.7 Å². The lowest BCUT2D eigenvalue weighted by Crippen LogP contribution is -2.23. The molecule has 1 N–H and O–H groups in total. The van der Waals surface area contributed by atoms with E-state index in [4.69, 9.17) is 4.74 Å². The van der Waals surface area contributed by atoms with Crippen molar-refractivity contribution in [2.75, 3.05) is 24.6 Å². The van der Waals surface area contributed by atoms with Gasteiger partial charge < -0.3 is 14.7 Å². The number of ether oxygens (including phenoxy) is 1. The van der Waals surface area contributed by atoms with Crippen LogP contribution in [0.5, 0.6) is 0 Å². The molecule has 2 atom stereocenters. The van der Waals surface area contributed by atoms with Crippen LogP contribution in [0.4, 0.5) is 5.69 Å². The molecule has 2 fully saturated rings. The van der Waals surface area contributed by atoms with E-state index in [9.17, 15) is 14.7 Å². The molecule has 26 heavy (non-hydrogen) atoms. The fourth-order valence-electron chi connectivity index (χ4n) is 3.50. The van der Waals surface area contributed by atoms with Crippen LogP contribution >= 0.6 is 0 Å². The number of carbonyl (C=O) groups is 2. The topological polar surface area (TPSA) is 97.5 Å². The van der Waals surface area contributed by atoms with E-state index in [1.165, 1.54) is 23.5 Å². The minimum atomic E-state index is -1.02. The van der Waals surface area contributed by atoms with Crippen LogP contribution < -0.4 is 4.90 Å². The highest BCUT2D eigenvalue weighted by atomic mass is 16.5. The number of rotatable bonds is 6. The van der Waals surface area contributed by atoms with Crippen molar-refractivity contribution in [1.82, 2.24) is 14.8 Å². The summed E-state index contributed by atoms with van der Waals surface area (Å²) in [5, 5.41) is 13.7. The molecule has 2 aromatic heterocycles. The van der Waals surface area contributed by atoms with Crippen molar-refractivity contribution in [3.63, 3.8) is 0 Å². The summed E-state index contributed by atoms with van der Waals surface area (Å²) in [5.74, 6) is 0.0474. The van der Waals surface area contributed by atoms with E-state index in [1.807, 2.05) is 0 Å². The number of hydrogen-bond donors (Lipinski definition) is 1. The van der Waals surface area contributed by atoms with Crippen molar-refractivity contribution in [1.29, 1.82) is 0 Å². The van der Waals surface area contributed by atoms with Crippen molar-refractivity contribution < 1.29 is 19.4 Å². The van der Waals surface area contributed by atoms with E-state index >= 15 is 0 Å². The number of carbonyl (C=O) groups excluding carboxylic acids is 1. The lowest BCUT2D eigenvalue weighted by atomic mass is 10.1. The number of piperidine rings is 1. The van der Waals surface area contributed by atoms with Gasteiger partial charge in [0.25, 0.3) is 0 Å². The summed E-state index contributed by atoms with van der Waals surface area (Å²) in [4.78, 5) is 30.0. The maximum atomic E-state index is 11.7. The van der Waals surface area contributed by atoms with E-state index in [1.54, 1.807) is 19.2 Å². The van der Waals surface area contributed by atoms with Crippen molar-refractivity contribution in [2.45, 2.75) is 19.9 Å². The second-order valence-corrected chi connectivity index (χ2v) is 6.80. The SMILES string of the molecule is CCOC(=O)c1cnn(Cc2ncc(N3CC4CC4C3)cc2C(=O)O)c1. The van der Waals surface area contributed by atoms with Crippen LogP contribution in [0.3, 0.4) is 0 Å². The Balaban J connectivity index is 1.54. The fourth-order valence-corrected chi connectivity index (χ4v) is 3.50. The number of fused-ring (bicyclic) bond motifs is 1. The predicted molar refractivity (Wildman–Crippen MR) is 92.3 cm³/mol. The van der Waals surface area contributed by atoms with E-state index in [2.05, 4.69) is 15.0 Å². The first kappa shape index (κ1) is 16.6. The maximum absolute atomic E-state index is 11.7. The quantitative estimate of drug-likeness (QED) is 0.786. The largest absolute Gasteiger partial charge is 0.478 e. The van der Waals surface area contributed by atoms with Crippen LogP contribution in [0.2, 0.25) is 0 Å². The average Bonchev–Trinajstić information content (AvgIpc) is 3.02. The number of carboxylic acids is 1. The van der Waals surface area contributed by atoms with Gasteiger partial charge in [0, 0.05) is 19.3 Å². The number of hydrogen-bond acceptors (Lipinski definition) is 6. The third-order valence-electron chi connectivity index (χ3n) is 4.99. The molecule has 3 heterocycles. The highest BCUT2D eigenvalue weighted by Crippen LogP contribution is 2.46. The number of aromatic nitrogens is 3. The minimum absolute atomic E-state index is 0.163. The van der Waals surface area contributed by atoms with Crippen LogP contribution in [0.15, 0.2) is 24.7 Å². The second kappa shape index (κ2) is 6.44. The summed E-state index contributed by atoms with van der Waals surface area (Å²) in [5.41, 5.74) is 1.75. The zero-order valence-corrected chi connectivity index (χ0v) is 14.5. The van der Waals surface area contributed by atoms with Crippen molar-refractivity contribution >= 4 is 17.6 Å². The summed E-state index contributed by atoms with van der Waals surface area (Å²) in [6.07, 6.45) is 5.95. The molecule has 0 aromatic carbocycles. The molecule has 2 aromatic rings. The molecule has 0 amide bonds. The summed E-state index contributed by atoms with van der Waals surface area (Å²) >= 11 is 0. The molecule has 0 spiro atoms. The molecule has 1 aliphatic carbocycles. The molecule has 136 valence electrons. The van der Waals surface area contributed by atoms with E-state index < -0.39 is 11.9 Å². The van der Waals surface area contributed by atoms with Crippen molar-refractivity contribution in [3.05, 3.63) is 41.5 Å². The van der Waals surface area contributed by atoms with Crippen LogP contribution in [-0.2, 0) is 11.3 Å². The number of carboxylic acid groups (broad SMARTS) is 1. The molecular weight excluding hydrogens is 336 g/mol. The molecule has 4 rings (SSSR count). The molecule has 0 radical (unpaired) electrons. The fraction of sp³-hybridized carbons (Fsp3) is 0.444. The van der Waals surface area contributed by atoms with Gasteiger partial charge in [-0.1, -0.05) is 0 Å². The number of pyridine rings is 1. The van der Waals surface area contributed by atoms with Gasteiger partial charge >= 0.3 is 11.9 Å². The molecule has 1 aliphatic heterocycles. The summed E-state index contributed by atoms with van der Waals surface area (Å²) < 4.78 is 6.42. The molecule has 1 saturated carbocycles. The maximum Gasteiger partial charge on any atom is 0.341 e. The van der Waals surface area contributed by atoms with E-state index in [0.29, 0.717) is 11.3 Å². The first-order valence-corrected chi connectivity index (χ1v) is 8.72. The Hall–Kier alpha value is -2.90. The van der Waals surface area contributed by atoms with Gasteiger partial charge in [-0.15, -0.1) is 0 Å². The first-order valence-electron chi connectivity index (χ1n) is 8.72. The van der Waals surface area contributed by atoms with Crippen LogP contribution in [0, 0.1) is 11.8 Å². The number of aromatic carboxylic acids is 1. The lowest BCUT2D eigenvalue weighted by molar-refractivity contribution is 0.0525. The Kier molecular flexibility index (Phi) is 4.10. The van der Waals surface area contributed by atoms with E-state index in [0.717, 1.165) is 30.6 Å². The van der Waals surface area contributed by atoms with Gasteiger partial charge in [-0.3, -0.25) is 9.67 Å². The van der Waals surface area contributed by atoms with Crippen LogP contribution in [0.1, 0.15) is 39.8 Å². The van der Waals surface area contributed by atoms with Gasteiger partial charge in [0.1, 0.15) is 0 Å². The predicted octanol–water partition coefficient (Wildman–Crippen LogP) is 1.66. The van der Waals surface area contributed by atoms with Crippen molar-refractivity contribution in [3.8, 4) is 0 Å². The highest BCUT2D eigenvalue weighted by molar-refractivity contribution is 5.90.